The number of rotatable bonds is 2. The van der Waals surface area contributed by atoms with Gasteiger partial charge in [-0.3, -0.25) is 0 Å². The third-order valence-corrected chi connectivity index (χ3v) is 4.01. The molecule has 5 heteroatoms. The summed E-state index contributed by atoms with van der Waals surface area (Å²) in [5.74, 6) is -1.60. The third-order valence-electron chi connectivity index (χ3n) is 3.24. The molecule has 1 saturated heterocycles. The van der Waals surface area contributed by atoms with Gasteiger partial charge < -0.3 is 10.0 Å². The third kappa shape index (κ3) is 2.66. The first-order valence-corrected chi connectivity index (χ1v) is 6.87. The molecule has 0 aliphatic carbocycles. The highest BCUT2D eigenvalue weighted by molar-refractivity contribution is 9.10. The molecule has 0 saturated carbocycles. The molecule has 0 spiro atoms. The van der Waals surface area contributed by atoms with Crippen LogP contribution in [0.25, 0.3) is 0 Å². The van der Waals surface area contributed by atoms with Gasteiger partial charge in [0.05, 0.1) is 15.7 Å². The fourth-order valence-electron chi connectivity index (χ4n) is 2.26. The Morgan fingerprint density at radius 1 is 1.22 bits per heavy atom. The summed E-state index contributed by atoms with van der Waals surface area (Å²) in [6.07, 6.45) is 4.45. The summed E-state index contributed by atoms with van der Waals surface area (Å²) in [6, 6.07) is 3.02. The van der Waals surface area contributed by atoms with E-state index in [0.717, 1.165) is 25.9 Å². The molecular weight excluding hydrogens is 301 g/mol. The van der Waals surface area contributed by atoms with Crippen LogP contribution in [0.5, 0.6) is 0 Å². The number of anilines is 1. The van der Waals surface area contributed by atoms with E-state index in [9.17, 15) is 9.18 Å². The Morgan fingerprint density at radius 3 is 2.39 bits per heavy atom. The van der Waals surface area contributed by atoms with Gasteiger partial charge in [0.25, 0.3) is 0 Å². The summed E-state index contributed by atoms with van der Waals surface area (Å²) in [6.45, 7) is 1.66. The van der Waals surface area contributed by atoms with Crippen LogP contribution in [0.4, 0.5) is 10.1 Å². The molecule has 1 aromatic rings. The van der Waals surface area contributed by atoms with E-state index in [-0.39, 0.29) is 10.0 Å². The number of carboxylic acids is 1. The molecule has 0 bridgehead atoms. The molecule has 1 fully saturated rings. The Labute approximate surface area is 114 Å². The van der Waals surface area contributed by atoms with Crippen LogP contribution in [-0.4, -0.2) is 24.2 Å². The largest absolute Gasteiger partial charge is 0.478 e. The highest BCUT2D eigenvalue weighted by Crippen LogP contribution is 2.30. The molecule has 1 heterocycles. The predicted molar refractivity (Wildman–Crippen MR) is 71.7 cm³/mol. The van der Waals surface area contributed by atoms with Crippen LogP contribution in [0.15, 0.2) is 16.6 Å². The Bertz CT molecular complexity index is 457. The van der Waals surface area contributed by atoms with E-state index in [4.69, 9.17) is 5.11 Å². The molecule has 1 aliphatic heterocycles. The lowest BCUT2D eigenvalue weighted by molar-refractivity contribution is 0.0695. The molecule has 0 radical (unpaired) electrons. The van der Waals surface area contributed by atoms with Crippen molar-refractivity contribution in [2.45, 2.75) is 25.7 Å². The van der Waals surface area contributed by atoms with Crippen LogP contribution in [0.2, 0.25) is 0 Å². The Morgan fingerprint density at radius 2 is 1.83 bits per heavy atom. The molecule has 3 nitrogen and oxygen atoms in total. The van der Waals surface area contributed by atoms with E-state index in [1.54, 1.807) is 6.07 Å². The van der Waals surface area contributed by atoms with Gasteiger partial charge in [-0.05, 0) is 40.9 Å². The van der Waals surface area contributed by atoms with Gasteiger partial charge in [-0.1, -0.05) is 12.8 Å². The van der Waals surface area contributed by atoms with Crippen LogP contribution in [0, 0.1) is 5.82 Å². The SMILES string of the molecule is O=C(O)c1ccc(N2CCCCCC2)c(F)c1Br. The highest BCUT2D eigenvalue weighted by atomic mass is 79.9. The van der Waals surface area contributed by atoms with Gasteiger partial charge in [0.1, 0.15) is 0 Å². The molecule has 2 rings (SSSR count). The predicted octanol–water partition coefficient (Wildman–Crippen LogP) is 3.67. The average Bonchev–Trinajstić information content (AvgIpc) is 2.60. The zero-order chi connectivity index (χ0) is 13.1. The zero-order valence-corrected chi connectivity index (χ0v) is 11.5. The molecule has 18 heavy (non-hydrogen) atoms. The van der Waals surface area contributed by atoms with Crippen molar-refractivity contribution >= 4 is 27.6 Å². The van der Waals surface area contributed by atoms with Gasteiger partial charge in [0.15, 0.2) is 5.82 Å². The number of carboxylic acid groups (broad SMARTS) is 1. The van der Waals surface area contributed by atoms with Gasteiger partial charge in [0.2, 0.25) is 0 Å². The van der Waals surface area contributed by atoms with Crippen molar-refractivity contribution in [2.75, 3.05) is 18.0 Å². The normalized spacial score (nSPS) is 16.4. The first-order valence-electron chi connectivity index (χ1n) is 6.07. The van der Waals surface area contributed by atoms with Crippen LogP contribution < -0.4 is 4.90 Å². The molecule has 0 unspecified atom stereocenters. The van der Waals surface area contributed by atoms with E-state index in [2.05, 4.69) is 15.9 Å². The first kappa shape index (κ1) is 13.3. The minimum absolute atomic E-state index is 0.0360. The van der Waals surface area contributed by atoms with Gasteiger partial charge >= 0.3 is 5.97 Å². The van der Waals surface area contributed by atoms with Crippen molar-refractivity contribution < 1.29 is 14.3 Å². The van der Waals surface area contributed by atoms with Crippen LogP contribution in [0.3, 0.4) is 0 Å². The average molecular weight is 316 g/mol. The quantitative estimate of drug-likeness (QED) is 0.905. The summed E-state index contributed by atoms with van der Waals surface area (Å²) in [4.78, 5) is 12.9. The first-order chi connectivity index (χ1) is 8.61. The fraction of sp³-hybridized carbons (Fsp3) is 0.462. The van der Waals surface area contributed by atoms with Crippen molar-refractivity contribution in [1.82, 2.24) is 0 Å². The minimum Gasteiger partial charge on any atom is -0.478 e. The molecule has 98 valence electrons. The summed E-state index contributed by atoms with van der Waals surface area (Å²) in [5, 5.41) is 8.93. The Hall–Kier alpha value is -1.10. The van der Waals surface area contributed by atoms with E-state index < -0.39 is 11.8 Å². The lowest BCUT2D eigenvalue weighted by Crippen LogP contribution is -2.25. The monoisotopic (exact) mass is 315 g/mol. The maximum atomic E-state index is 14.2. The van der Waals surface area contributed by atoms with Crippen molar-refractivity contribution in [3.05, 3.63) is 28.0 Å². The summed E-state index contributed by atoms with van der Waals surface area (Å²) in [7, 11) is 0. The standard InChI is InChI=1S/C13H15BrFNO2/c14-11-9(13(17)18)5-6-10(12(11)15)16-7-3-1-2-4-8-16/h5-6H,1-4,7-8H2,(H,17,18). The molecular formula is C13H15BrFNO2. The summed E-state index contributed by atoms with van der Waals surface area (Å²) in [5.41, 5.74) is 0.458. The van der Waals surface area contributed by atoms with Gasteiger partial charge in [0, 0.05) is 13.1 Å². The second-order valence-corrected chi connectivity index (χ2v) is 5.26. The van der Waals surface area contributed by atoms with Crippen LogP contribution in [-0.2, 0) is 0 Å². The summed E-state index contributed by atoms with van der Waals surface area (Å²) >= 11 is 3.04. The lowest BCUT2D eigenvalue weighted by atomic mass is 10.1. The minimum atomic E-state index is -1.12. The second kappa shape index (κ2) is 5.69. The molecule has 1 N–H and O–H groups in total. The Kier molecular flexibility index (Phi) is 4.22. The number of carbonyl (C=O) groups is 1. The molecule has 1 aromatic carbocycles. The number of nitrogens with zero attached hydrogens (tertiary/aromatic N) is 1. The van der Waals surface area contributed by atoms with Gasteiger partial charge in [-0.15, -0.1) is 0 Å². The van der Waals surface area contributed by atoms with E-state index >= 15 is 0 Å². The fourth-order valence-corrected chi connectivity index (χ4v) is 2.77. The lowest BCUT2D eigenvalue weighted by Gasteiger charge is -2.23. The molecule has 0 atom stereocenters. The van der Waals surface area contributed by atoms with Crippen molar-refractivity contribution in [3.63, 3.8) is 0 Å². The maximum Gasteiger partial charge on any atom is 0.336 e. The molecule has 0 aromatic heterocycles. The summed E-state index contributed by atoms with van der Waals surface area (Å²) < 4.78 is 14.2. The second-order valence-electron chi connectivity index (χ2n) is 4.47. The van der Waals surface area contributed by atoms with Gasteiger partial charge in [-0.2, -0.15) is 0 Å². The van der Waals surface area contributed by atoms with E-state index in [1.807, 2.05) is 4.90 Å². The number of aromatic carboxylic acids is 1. The van der Waals surface area contributed by atoms with E-state index in [1.165, 1.54) is 18.9 Å². The topological polar surface area (TPSA) is 40.5 Å². The smallest absolute Gasteiger partial charge is 0.336 e. The number of benzene rings is 1. The Balaban J connectivity index is 2.33. The van der Waals surface area contributed by atoms with Crippen LogP contribution in [0.1, 0.15) is 36.0 Å². The highest BCUT2D eigenvalue weighted by Gasteiger charge is 2.20. The molecule has 0 amide bonds. The van der Waals surface area contributed by atoms with E-state index in [0.29, 0.717) is 5.69 Å². The number of hydrogen-bond donors (Lipinski definition) is 1. The maximum absolute atomic E-state index is 14.2. The molecule has 1 aliphatic rings. The zero-order valence-electron chi connectivity index (χ0n) is 9.96. The van der Waals surface area contributed by atoms with Crippen molar-refractivity contribution in [1.29, 1.82) is 0 Å². The van der Waals surface area contributed by atoms with Crippen molar-refractivity contribution in [2.24, 2.45) is 0 Å². The number of halogens is 2. The number of hydrogen-bond acceptors (Lipinski definition) is 2. The van der Waals surface area contributed by atoms with Crippen molar-refractivity contribution in [3.8, 4) is 0 Å². The van der Waals surface area contributed by atoms with Crippen LogP contribution >= 0.6 is 15.9 Å². The van der Waals surface area contributed by atoms with Gasteiger partial charge in [-0.25, -0.2) is 9.18 Å².